The van der Waals surface area contributed by atoms with E-state index in [-0.39, 0.29) is 0 Å². The van der Waals surface area contributed by atoms with Crippen LogP contribution in [0, 0.1) is 29.6 Å². The van der Waals surface area contributed by atoms with Crippen LogP contribution in [0.25, 0.3) is 0 Å². The van der Waals surface area contributed by atoms with Gasteiger partial charge in [0.15, 0.2) is 0 Å². The lowest BCUT2D eigenvalue weighted by molar-refractivity contribution is -0.0490. The van der Waals surface area contributed by atoms with Gasteiger partial charge in [0.25, 0.3) is 0 Å². The van der Waals surface area contributed by atoms with Gasteiger partial charge in [-0.05, 0) is 68.6 Å². The molecule has 0 amide bonds. The van der Waals surface area contributed by atoms with Gasteiger partial charge in [-0.25, -0.2) is 0 Å². The highest BCUT2D eigenvalue weighted by Crippen LogP contribution is 2.57. The maximum atomic E-state index is 5.59. The molecule has 4 bridgehead atoms. The van der Waals surface area contributed by atoms with Crippen LogP contribution in [0.2, 0.25) is 0 Å². The van der Waals surface area contributed by atoms with Gasteiger partial charge in [0.1, 0.15) is 0 Å². The summed E-state index contributed by atoms with van der Waals surface area (Å²) in [5.74, 6) is 5.23. The molecule has 0 aromatic carbocycles. The first kappa shape index (κ1) is 11.0. The van der Waals surface area contributed by atoms with E-state index < -0.39 is 0 Å². The van der Waals surface area contributed by atoms with E-state index in [4.69, 9.17) is 5.73 Å². The van der Waals surface area contributed by atoms with E-state index in [0.29, 0.717) is 6.04 Å². The van der Waals surface area contributed by atoms with Gasteiger partial charge in [0, 0.05) is 19.1 Å². The minimum atomic E-state index is 0.693. The molecule has 4 aliphatic carbocycles. The van der Waals surface area contributed by atoms with E-state index in [0.717, 1.165) is 42.7 Å². The zero-order chi connectivity index (χ0) is 11.1. The van der Waals surface area contributed by atoms with Crippen LogP contribution in [0.5, 0.6) is 0 Å². The molecule has 4 fully saturated rings. The van der Waals surface area contributed by atoms with E-state index in [9.17, 15) is 0 Å². The fourth-order valence-electron chi connectivity index (χ4n) is 5.23. The van der Waals surface area contributed by atoms with Gasteiger partial charge in [0.05, 0.1) is 0 Å². The Morgan fingerprint density at radius 1 is 1.06 bits per heavy atom. The monoisotopic (exact) mass is 222 g/mol. The Hall–Kier alpha value is -0.0800. The molecular formula is C14H26N2. The second kappa shape index (κ2) is 4.30. The van der Waals surface area contributed by atoms with Gasteiger partial charge in [-0.3, -0.25) is 0 Å². The van der Waals surface area contributed by atoms with E-state index in [1.165, 1.54) is 25.7 Å². The average molecular weight is 222 g/mol. The lowest BCUT2D eigenvalue weighted by atomic mass is 9.50. The zero-order valence-corrected chi connectivity index (χ0v) is 10.5. The molecule has 4 aliphatic rings. The molecule has 0 aromatic rings. The third-order valence-corrected chi connectivity index (χ3v) is 5.49. The summed E-state index contributed by atoms with van der Waals surface area (Å²) in [4.78, 5) is 0. The smallest absolute Gasteiger partial charge is 0.00771 e. The number of nitrogens with two attached hydrogens (primary N) is 1. The van der Waals surface area contributed by atoms with Crippen molar-refractivity contribution < 1.29 is 0 Å². The number of hydrogen-bond acceptors (Lipinski definition) is 2. The maximum Gasteiger partial charge on any atom is 0.00771 e. The summed E-state index contributed by atoms with van der Waals surface area (Å²) >= 11 is 0. The summed E-state index contributed by atoms with van der Waals surface area (Å²) in [5, 5.41) is 3.64. The Balaban J connectivity index is 1.67. The van der Waals surface area contributed by atoms with Crippen LogP contribution in [-0.4, -0.2) is 19.1 Å². The van der Waals surface area contributed by atoms with Crippen LogP contribution < -0.4 is 11.1 Å². The van der Waals surface area contributed by atoms with E-state index in [2.05, 4.69) is 12.2 Å². The molecule has 4 rings (SSSR count). The predicted molar refractivity (Wildman–Crippen MR) is 67.1 cm³/mol. The molecule has 92 valence electrons. The van der Waals surface area contributed by atoms with Crippen molar-refractivity contribution in [2.45, 2.75) is 45.1 Å². The molecule has 1 unspecified atom stereocenters. The topological polar surface area (TPSA) is 38.0 Å². The number of rotatable bonds is 4. The Bertz CT molecular complexity index is 223. The molecule has 1 atom stereocenters. The maximum absolute atomic E-state index is 5.59. The molecule has 0 aromatic heterocycles. The quantitative estimate of drug-likeness (QED) is 0.763. The van der Waals surface area contributed by atoms with Crippen molar-refractivity contribution in [3.63, 3.8) is 0 Å². The number of nitrogens with one attached hydrogen (secondary N) is 1. The first-order chi connectivity index (χ1) is 7.78. The standard InChI is InChI=1S/C14H26N2/c1-9(16-3-2-15)14-12-5-10-4-11(7-12)8-13(14)6-10/h9-14,16H,2-8,15H2,1H3. The van der Waals surface area contributed by atoms with Crippen molar-refractivity contribution in [1.82, 2.24) is 5.32 Å². The first-order valence-corrected chi connectivity index (χ1v) is 7.21. The van der Waals surface area contributed by atoms with Crippen molar-refractivity contribution >= 4 is 0 Å². The van der Waals surface area contributed by atoms with Gasteiger partial charge < -0.3 is 11.1 Å². The van der Waals surface area contributed by atoms with Gasteiger partial charge in [-0.15, -0.1) is 0 Å². The van der Waals surface area contributed by atoms with Crippen LogP contribution in [-0.2, 0) is 0 Å². The van der Waals surface area contributed by atoms with Gasteiger partial charge >= 0.3 is 0 Å². The summed E-state index contributed by atoms with van der Waals surface area (Å²) < 4.78 is 0. The molecule has 0 radical (unpaired) electrons. The highest BCUT2D eigenvalue weighted by Gasteiger charge is 2.49. The van der Waals surface area contributed by atoms with Crippen LogP contribution in [0.3, 0.4) is 0 Å². The first-order valence-electron chi connectivity index (χ1n) is 7.21. The average Bonchev–Trinajstić information content (AvgIpc) is 2.24. The molecule has 2 nitrogen and oxygen atoms in total. The Kier molecular flexibility index (Phi) is 2.97. The number of hydrogen-bond donors (Lipinski definition) is 2. The molecule has 0 spiro atoms. The van der Waals surface area contributed by atoms with E-state index in [1.54, 1.807) is 6.42 Å². The largest absolute Gasteiger partial charge is 0.329 e. The third-order valence-electron chi connectivity index (χ3n) is 5.49. The predicted octanol–water partition coefficient (Wildman–Crippen LogP) is 2.00. The summed E-state index contributed by atoms with van der Waals surface area (Å²) in [5.41, 5.74) is 5.59. The van der Waals surface area contributed by atoms with E-state index >= 15 is 0 Å². The van der Waals surface area contributed by atoms with Crippen molar-refractivity contribution in [2.24, 2.45) is 35.3 Å². The summed E-state index contributed by atoms with van der Waals surface area (Å²) in [7, 11) is 0. The molecule has 2 heteroatoms. The summed E-state index contributed by atoms with van der Waals surface area (Å²) in [6.07, 6.45) is 7.70. The van der Waals surface area contributed by atoms with Crippen molar-refractivity contribution in [1.29, 1.82) is 0 Å². The molecule has 3 N–H and O–H groups in total. The van der Waals surface area contributed by atoms with Gasteiger partial charge in [-0.1, -0.05) is 0 Å². The fraction of sp³-hybridized carbons (Fsp3) is 1.00. The van der Waals surface area contributed by atoms with Crippen LogP contribution in [0.1, 0.15) is 39.0 Å². The molecule has 0 aliphatic heterocycles. The van der Waals surface area contributed by atoms with Gasteiger partial charge in [0.2, 0.25) is 0 Å². The highest BCUT2D eigenvalue weighted by atomic mass is 14.9. The summed E-state index contributed by atoms with van der Waals surface area (Å²) in [6.45, 7) is 4.16. The van der Waals surface area contributed by atoms with Crippen molar-refractivity contribution in [2.75, 3.05) is 13.1 Å². The molecule has 4 saturated carbocycles. The second-order valence-electron chi connectivity index (χ2n) is 6.54. The molecular weight excluding hydrogens is 196 g/mol. The normalized spacial score (nSPS) is 47.2. The van der Waals surface area contributed by atoms with Gasteiger partial charge in [-0.2, -0.15) is 0 Å². The lowest BCUT2D eigenvalue weighted by Gasteiger charge is -2.56. The van der Waals surface area contributed by atoms with Crippen molar-refractivity contribution in [3.8, 4) is 0 Å². The van der Waals surface area contributed by atoms with Crippen molar-refractivity contribution in [3.05, 3.63) is 0 Å². The minimum absolute atomic E-state index is 0.693. The lowest BCUT2D eigenvalue weighted by Crippen LogP contribution is -2.52. The fourth-order valence-corrected chi connectivity index (χ4v) is 5.23. The second-order valence-corrected chi connectivity index (χ2v) is 6.54. The van der Waals surface area contributed by atoms with Crippen LogP contribution in [0.15, 0.2) is 0 Å². The zero-order valence-electron chi connectivity index (χ0n) is 10.5. The molecule has 0 heterocycles. The van der Waals surface area contributed by atoms with Crippen LogP contribution in [0.4, 0.5) is 0 Å². The molecule has 0 saturated heterocycles. The van der Waals surface area contributed by atoms with E-state index in [1.807, 2.05) is 0 Å². The Morgan fingerprint density at radius 3 is 2.12 bits per heavy atom. The third kappa shape index (κ3) is 1.80. The SMILES string of the molecule is CC(NCCN)C1C2CC3CC(C2)CC1C3. The Labute approximate surface area is 99.4 Å². The van der Waals surface area contributed by atoms with Crippen LogP contribution >= 0.6 is 0 Å². The molecule has 16 heavy (non-hydrogen) atoms. The minimum Gasteiger partial charge on any atom is -0.329 e. The Morgan fingerprint density at radius 2 is 1.62 bits per heavy atom. The summed E-state index contributed by atoms with van der Waals surface area (Å²) in [6, 6.07) is 0.693. The highest BCUT2D eigenvalue weighted by molar-refractivity contribution is 5.00.